The third-order valence-electron chi connectivity index (χ3n) is 2.94. The highest BCUT2D eigenvalue weighted by molar-refractivity contribution is 7.68. The van der Waals surface area contributed by atoms with E-state index < -0.39 is 13.5 Å². The smallest absolute Gasteiger partial charge is 0.0561 e. The highest BCUT2D eigenvalue weighted by Crippen LogP contribution is 2.63. The summed E-state index contributed by atoms with van der Waals surface area (Å²) >= 11 is 0. The van der Waals surface area contributed by atoms with E-state index in [9.17, 15) is 12.6 Å². The zero-order valence-corrected chi connectivity index (χ0v) is 12.7. The summed E-state index contributed by atoms with van der Waals surface area (Å²) in [5, 5.41) is -0.445. The van der Waals surface area contributed by atoms with Crippen LogP contribution in [0.15, 0.2) is 18.2 Å². The Morgan fingerprint density at radius 1 is 0.722 bits per heavy atom. The fraction of sp³-hybridized carbons (Fsp3) is 0.571. The second kappa shape index (κ2) is 4.52. The lowest BCUT2D eigenvalue weighted by Gasteiger charge is -2.25. The Balaban J connectivity index is 3.49. The van der Waals surface area contributed by atoms with Gasteiger partial charge in [-0.15, -0.1) is 0 Å². The van der Waals surface area contributed by atoms with Crippen LogP contribution in [0.2, 0.25) is 0 Å². The van der Waals surface area contributed by atoms with Gasteiger partial charge in [0, 0.05) is 12.6 Å². The molecule has 0 radical (unpaired) electrons. The van der Waals surface area contributed by atoms with Gasteiger partial charge in [0.05, 0.1) is 0 Å². The summed E-state index contributed by atoms with van der Waals surface area (Å²) in [4.78, 5) is 0. The second-order valence-corrected chi connectivity index (χ2v) is 8.12. The minimum absolute atomic E-state index is 0.273. The highest BCUT2D eigenvalue weighted by Gasteiger charge is 2.47. The van der Waals surface area contributed by atoms with Crippen LogP contribution in [-0.4, -0.2) is 0 Å². The molecule has 0 saturated carbocycles. The molecule has 18 heavy (non-hydrogen) atoms. The van der Waals surface area contributed by atoms with Crippen molar-refractivity contribution in [3.63, 3.8) is 0 Å². The molecule has 0 aliphatic rings. The van der Waals surface area contributed by atoms with Gasteiger partial charge in [0.1, 0.15) is 0 Å². The molecule has 0 saturated heterocycles. The molecule has 4 heteroatoms. The standard InChI is InChI=1S/C14H21F3P/c1-13(2,3)10-7-11(14(4,5)6)9-12(8-10)18(15,16)17/h7-9H,1-6H3/q+1. The summed E-state index contributed by atoms with van der Waals surface area (Å²) in [5.74, 6) is 0. The molecular weight excluding hydrogens is 256 g/mol. The van der Waals surface area contributed by atoms with Crippen molar-refractivity contribution in [1.82, 2.24) is 0 Å². The molecule has 0 heterocycles. The van der Waals surface area contributed by atoms with Gasteiger partial charge < -0.3 is 0 Å². The van der Waals surface area contributed by atoms with Crippen LogP contribution in [0.3, 0.4) is 0 Å². The molecule has 0 amide bonds. The monoisotopic (exact) mass is 277 g/mol. The molecule has 0 spiro atoms. The van der Waals surface area contributed by atoms with Crippen molar-refractivity contribution in [3.05, 3.63) is 29.3 Å². The Bertz CT molecular complexity index is 355. The van der Waals surface area contributed by atoms with Gasteiger partial charge in [-0.2, -0.15) is 0 Å². The van der Waals surface area contributed by atoms with Crippen molar-refractivity contribution >= 4 is 13.5 Å². The number of hydrogen-bond acceptors (Lipinski definition) is 0. The first kappa shape index (κ1) is 15.5. The Morgan fingerprint density at radius 3 is 1.28 bits per heavy atom. The molecule has 0 aliphatic carbocycles. The zero-order valence-electron chi connectivity index (χ0n) is 11.8. The van der Waals surface area contributed by atoms with Crippen LogP contribution in [0.4, 0.5) is 12.6 Å². The van der Waals surface area contributed by atoms with Crippen molar-refractivity contribution in [2.75, 3.05) is 0 Å². The highest BCUT2D eigenvalue weighted by atomic mass is 31.3. The molecular formula is C14H21F3P+. The summed E-state index contributed by atoms with van der Waals surface area (Å²) < 4.78 is 39.1. The summed E-state index contributed by atoms with van der Waals surface area (Å²) in [6, 6.07) is 4.52. The first-order valence-corrected chi connectivity index (χ1v) is 7.42. The van der Waals surface area contributed by atoms with Crippen LogP contribution >= 0.6 is 8.19 Å². The first-order chi connectivity index (χ1) is 7.82. The lowest BCUT2D eigenvalue weighted by Crippen LogP contribution is -2.20. The maximum Gasteiger partial charge on any atom is 0.602 e. The van der Waals surface area contributed by atoms with Gasteiger partial charge >= 0.3 is 8.19 Å². The average Bonchev–Trinajstić information content (AvgIpc) is 2.13. The minimum atomic E-state index is -5.46. The predicted octanol–water partition coefficient (Wildman–Crippen LogP) is 5.58. The summed E-state index contributed by atoms with van der Waals surface area (Å²) in [7, 11) is -5.46. The maximum absolute atomic E-state index is 13.0. The third kappa shape index (κ3) is 3.71. The summed E-state index contributed by atoms with van der Waals surface area (Å²) in [6.07, 6.45) is 0. The van der Waals surface area contributed by atoms with E-state index in [1.54, 1.807) is 0 Å². The van der Waals surface area contributed by atoms with Crippen LogP contribution < -0.4 is 5.30 Å². The molecule has 0 unspecified atom stereocenters. The molecule has 0 aliphatic heterocycles. The van der Waals surface area contributed by atoms with E-state index in [4.69, 9.17) is 0 Å². The molecule has 1 aromatic carbocycles. The molecule has 1 rings (SSSR count). The topological polar surface area (TPSA) is 0 Å². The third-order valence-corrected chi connectivity index (χ3v) is 3.79. The lowest BCUT2D eigenvalue weighted by molar-refractivity contribution is 0.567. The van der Waals surface area contributed by atoms with Gasteiger partial charge in [0.25, 0.3) is 0 Å². The fourth-order valence-corrected chi connectivity index (χ4v) is 2.19. The van der Waals surface area contributed by atoms with Crippen LogP contribution in [0, 0.1) is 0 Å². The number of hydrogen-bond donors (Lipinski definition) is 0. The summed E-state index contributed by atoms with van der Waals surface area (Å²) in [5.41, 5.74) is 0.959. The van der Waals surface area contributed by atoms with Crippen molar-refractivity contribution in [1.29, 1.82) is 0 Å². The van der Waals surface area contributed by atoms with E-state index in [-0.39, 0.29) is 10.8 Å². The molecule has 0 bridgehead atoms. The Kier molecular flexibility index (Phi) is 3.89. The molecule has 0 fully saturated rings. The SMILES string of the molecule is CC(C)(C)c1cc(C(C)(C)C)cc([P+](F)(F)F)c1. The van der Waals surface area contributed by atoms with Crippen LogP contribution in [0.5, 0.6) is 0 Å². The maximum atomic E-state index is 13.0. The van der Waals surface area contributed by atoms with E-state index >= 15 is 0 Å². The van der Waals surface area contributed by atoms with Crippen LogP contribution in [-0.2, 0) is 10.8 Å². The van der Waals surface area contributed by atoms with Gasteiger partial charge in [0.15, 0.2) is 5.30 Å². The van der Waals surface area contributed by atoms with Gasteiger partial charge in [-0.25, -0.2) is 0 Å². The second-order valence-electron chi connectivity index (χ2n) is 6.71. The predicted molar refractivity (Wildman–Crippen MR) is 73.7 cm³/mol. The van der Waals surface area contributed by atoms with E-state index in [0.29, 0.717) is 0 Å². The first-order valence-electron chi connectivity index (χ1n) is 5.96. The Labute approximate surface area is 108 Å². The molecule has 0 aromatic heterocycles. The van der Waals surface area contributed by atoms with Gasteiger partial charge in [-0.05, 0) is 34.1 Å². The molecule has 102 valence electrons. The lowest BCUT2D eigenvalue weighted by atomic mass is 9.81. The molecule has 0 atom stereocenters. The molecule has 0 N–H and O–H groups in total. The van der Waals surface area contributed by atoms with E-state index in [1.165, 1.54) is 12.1 Å². The van der Waals surface area contributed by atoms with Gasteiger partial charge in [0.2, 0.25) is 0 Å². The van der Waals surface area contributed by atoms with Gasteiger partial charge in [-0.3, -0.25) is 0 Å². The molecule has 1 aromatic rings. The quantitative estimate of drug-likeness (QED) is 0.588. The average molecular weight is 277 g/mol. The van der Waals surface area contributed by atoms with Crippen LogP contribution in [0.25, 0.3) is 0 Å². The minimum Gasteiger partial charge on any atom is -0.0561 e. The van der Waals surface area contributed by atoms with Crippen molar-refractivity contribution in [3.8, 4) is 0 Å². The summed E-state index contributed by atoms with van der Waals surface area (Å²) in [6.45, 7) is 11.6. The number of rotatable bonds is 1. The van der Waals surface area contributed by atoms with E-state index in [2.05, 4.69) is 0 Å². The van der Waals surface area contributed by atoms with Gasteiger partial charge in [-0.1, -0.05) is 47.6 Å². The normalized spacial score (nSPS) is 13.8. The number of halogens is 3. The van der Waals surface area contributed by atoms with Crippen molar-refractivity contribution < 1.29 is 12.6 Å². The fourth-order valence-electron chi connectivity index (χ4n) is 1.62. The van der Waals surface area contributed by atoms with E-state index in [0.717, 1.165) is 11.1 Å². The van der Waals surface area contributed by atoms with E-state index in [1.807, 2.05) is 47.6 Å². The van der Waals surface area contributed by atoms with Crippen molar-refractivity contribution in [2.24, 2.45) is 0 Å². The number of benzene rings is 1. The Hall–Kier alpha value is -0.560. The largest absolute Gasteiger partial charge is 0.602 e. The van der Waals surface area contributed by atoms with Crippen molar-refractivity contribution in [2.45, 2.75) is 52.4 Å². The zero-order chi connectivity index (χ0) is 14.4. The Morgan fingerprint density at radius 2 is 1.06 bits per heavy atom. The molecule has 0 nitrogen and oxygen atoms in total. The van der Waals surface area contributed by atoms with Crippen LogP contribution in [0.1, 0.15) is 52.7 Å².